The lowest BCUT2D eigenvalue weighted by Crippen LogP contribution is -2.16. The van der Waals surface area contributed by atoms with E-state index in [4.69, 9.17) is 10.4 Å². The minimum absolute atomic E-state index is 0.0795. The van der Waals surface area contributed by atoms with Crippen LogP contribution in [0.15, 0.2) is 18.2 Å². The number of Topliss-reactive ketones (excluding diaryl/α,β-unsaturated/α-hetero) is 1. The molecular weight excluding hydrogens is 302 g/mol. The number of benzene rings is 1. The van der Waals surface area contributed by atoms with Crippen LogP contribution in [0, 0.1) is 11.3 Å². The Balaban J connectivity index is 3.29. The molecule has 1 aromatic rings. The van der Waals surface area contributed by atoms with Crippen molar-refractivity contribution in [3.8, 4) is 6.07 Å². The molecule has 0 amide bonds. The summed E-state index contributed by atoms with van der Waals surface area (Å²) in [4.78, 5) is 22.2. The molecule has 1 unspecified atom stereocenters. The number of rotatable bonds is 5. The van der Waals surface area contributed by atoms with Crippen LogP contribution in [0.1, 0.15) is 22.8 Å². The minimum atomic E-state index is -1.74. The molecule has 0 aliphatic heterocycles. The van der Waals surface area contributed by atoms with Gasteiger partial charge >= 0.3 is 5.97 Å². The first-order valence-corrected chi connectivity index (χ1v) is 6.13. The number of aliphatic carboxylic acids is 1. The smallest absolute Gasteiger partial charge is 0.337 e. The van der Waals surface area contributed by atoms with Gasteiger partial charge in [0.1, 0.15) is 5.78 Å². The Morgan fingerprint density at radius 2 is 2.11 bits per heavy atom. The van der Waals surface area contributed by atoms with Gasteiger partial charge in [0.05, 0.1) is 17.0 Å². The average Bonchev–Trinajstić information content (AvgIpc) is 2.37. The van der Waals surface area contributed by atoms with Crippen molar-refractivity contribution < 1.29 is 19.8 Å². The summed E-state index contributed by atoms with van der Waals surface area (Å²) in [7, 11) is 0. The number of nitriles is 1. The summed E-state index contributed by atoms with van der Waals surface area (Å²) < 4.78 is 0. The highest BCUT2D eigenvalue weighted by atomic mass is 79.9. The maximum atomic E-state index is 11.4. The molecule has 0 fully saturated rings. The molecule has 0 spiro atoms. The van der Waals surface area contributed by atoms with Crippen molar-refractivity contribution in [2.75, 3.05) is 5.33 Å². The van der Waals surface area contributed by atoms with E-state index in [1.54, 1.807) is 0 Å². The molecule has 0 aliphatic carbocycles. The van der Waals surface area contributed by atoms with Gasteiger partial charge in [0.2, 0.25) is 0 Å². The molecule has 0 radical (unpaired) electrons. The Morgan fingerprint density at radius 3 is 2.61 bits per heavy atom. The van der Waals surface area contributed by atoms with Gasteiger partial charge in [0.25, 0.3) is 0 Å². The normalized spacial score (nSPS) is 11.6. The topological polar surface area (TPSA) is 98.4 Å². The quantitative estimate of drug-likeness (QED) is 0.796. The molecule has 1 rings (SSSR count). The van der Waals surface area contributed by atoms with Gasteiger partial charge in [-0.05, 0) is 17.2 Å². The zero-order valence-corrected chi connectivity index (χ0v) is 10.8. The average molecular weight is 312 g/mol. The van der Waals surface area contributed by atoms with Gasteiger partial charge in [-0.3, -0.25) is 4.79 Å². The lowest BCUT2D eigenvalue weighted by Gasteiger charge is -2.12. The summed E-state index contributed by atoms with van der Waals surface area (Å²) in [5.74, 6) is -1.62. The number of carbonyl (C=O) groups excluding carboxylic acids is 1. The second-order valence-electron chi connectivity index (χ2n) is 3.58. The van der Waals surface area contributed by atoms with Crippen molar-refractivity contribution in [2.45, 2.75) is 12.5 Å². The summed E-state index contributed by atoms with van der Waals surface area (Å²) in [6, 6.07) is 6.24. The molecule has 94 valence electrons. The fourth-order valence-electron chi connectivity index (χ4n) is 1.54. The molecule has 0 bridgehead atoms. The number of carboxylic acid groups (broad SMARTS) is 1. The highest BCUT2D eigenvalue weighted by Gasteiger charge is 2.22. The molecule has 2 N–H and O–H groups in total. The Labute approximate surface area is 112 Å². The Hall–Kier alpha value is -1.71. The Kier molecular flexibility index (Phi) is 5.01. The highest BCUT2D eigenvalue weighted by molar-refractivity contribution is 9.09. The standard InChI is InChI=1S/C12H10BrNO4/c13-5-8(15)4-10-7(6-14)2-1-3-9(10)11(16)12(17)18/h1-3,11,16H,4-5H2,(H,17,18). The van der Waals surface area contributed by atoms with E-state index in [1.165, 1.54) is 18.2 Å². The van der Waals surface area contributed by atoms with E-state index < -0.39 is 12.1 Å². The Morgan fingerprint density at radius 1 is 1.44 bits per heavy atom. The van der Waals surface area contributed by atoms with Crippen molar-refractivity contribution in [1.82, 2.24) is 0 Å². The highest BCUT2D eigenvalue weighted by Crippen LogP contribution is 2.22. The fourth-order valence-corrected chi connectivity index (χ4v) is 1.74. The molecule has 6 heteroatoms. The second kappa shape index (κ2) is 6.28. The first kappa shape index (κ1) is 14.4. The zero-order valence-electron chi connectivity index (χ0n) is 9.26. The van der Waals surface area contributed by atoms with Gasteiger partial charge in [-0.1, -0.05) is 28.1 Å². The van der Waals surface area contributed by atoms with E-state index in [0.717, 1.165) is 0 Å². The maximum absolute atomic E-state index is 11.4. The number of ketones is 1. The number of hydrogen-bond donors (Lipinski definition) is 2. The van der Waals surface area contributed by atoms with E-state index in [-0.39, 0.29) is 34.2 Å². The third kappa shape index (κ3) is 3.15. The maximum Gasteiger partial charge on any atom is 0.337 e. The van der Waals surface area contributed by atoms with E-state index in [1.807, 2.05) is 6.07 Å². The van der Waals surface area contributed by atoms with Crippen molar-refractivity contribution in [3.63, 3.8) is 0 Å². The number of nitrogens with zero attached hydrogens (tertiary/aromatic N) is 1. The van der Waals surface area contributed by atoms with Crippen LogP contribution in [0.5, 0.6) is 0 Å². The summed E-state index contributed by atoms with van der Waals surface area (Å²) in [5.41, 5.74) is 0.539. The van der Waals surface area contributed by atoms with Gasteiger partial charge < -0.3 is 10.2 Å². The molecule has 18 heavy (non-hydrogen) atoms. The van der Waals surface area contributed by atoms with Crippen LogP contribution in [0.2, 0.25) is 0 Å². The number of halogens is 1. The number of aliphatic hydroxyl groups is 1. The van der Waals surface area contributed by atoms with Crippen LogP contribution in [-0.4, -0.2) is 27.3 Å². The van der Waals surface area contributed by atoms with E-state index in [9.17, 15) is 14.7 Å². The number of hydrogen-bond acceptors (Lipinski definition) is 4. The second-order valence-corrected chi connectivity index (χ2v) is 4.14. The molecule has 0 saturated carbocycles. The predicted molar refractivity (Wildman–Crippen MR) is 66.3 cm³/mol. The lowest BCUT2D eigenvalue weighted by molar-refractivity contribution is -0.147. The molecular formula is C12H10BrNO4. The van der Waals surface area contributed by atoms with Crippen LogP contribution < -0.4 is 0 Å². The van der Waals surface area contributed by atoms with Crippen molar-refractivity contribution >= 4 is 27.7 Å². The molecule has 1 atom stereocenters. The SMILES string of the molecule is N#Cc1cccc(C(O)C(=O)O)c1CC(=O)CBr. The summed E-state index contributed by atoms with van der Waals surface area (Å²) >= 11 is 3.00. The van der Waals surface area contributed by atoms with Crippen LogP contribution in [0.25, 0.3) is 0 Å². The largest absolute Gasteiger partial charge is 0.479 e. The summed E-state index contributed by atoms with van der Waals surface area (Å²) in [6.45, 7) is 0. The van der Waals surface area contributed by atoms with Crippen LogP contribution >= 0.6 is 15.9 Å². The first-order valence-electron chi connectivity index (χ1n) is 5.01. The molecule has 0 saturated heterocycles. The summed E-state index contributed by atoms with van der Waals surface area (Å²) in [6.07, 6.45) is -1.83. The summed E-state index contributed by atoms with van der Waals surface area (Å²) in [5, 5.41) is 27.4. The molecule has 0 aliphatic rings. The van der Waals surface area contributed by atoms with E-state index >= 15 is 0 Å². The third-order valence-electron chi connectivity index (χ3n) is 2.38. The van der Waals surface area contributed by atoms with Crippen molar-refractivity contribution in [2.24, 2.45) is 0 Å². The number of alkyl halides is 1. The monoisotopic (exact) mass is 311 g/mol. The van der Waals surface area contributed by atoms with Gasteiger partial charge in [-0.2, -0.15) is 5.26 Å². The lowest BCUT2D eigenvalue weighted by atomic mass is 9.94. The Bertz CT molecular complexity index is 521. The molecule has 1 aromatic carbocycles. The first-order chi connectivity index (χ1) is 8.51. The van der Waals surface area contributed by atoms with Gasteiger partial charge in [-0.25, -0.2) is 4.79 Å². The zero-order chi connectivity index (χ0) is 13.7. The van der Waals surface area contributed by atoms with E-state index in [2.05, 4.69) is 15.9 Å². The third-order valence-corrected chi connectivity index (χ3v) is 3.01. The fraction of sp³-hybridized carbons (Fsp3) is 0.250. The molecule has 0 aromatic heterocycles. The molecule has 0 heterocycles. The van der Waals surface area contributed by atoms with Crippen LogP contribution in [0.4, 0.5) is 0 Å². The van der Waals surface area contributed by atoms with E-state index in [0.29, 0.717) is 0 Å². The van der Waals surface area contributed by atoms with Crippen LogP contribution in [0.3, 0.4) is 0 Å². The van der Waals surface area contributed by atoms with Crippen LogP contribution in [-0.2, 0) is 16.0 Å². The van der Waals surface area contributed by atoms with Crippen molar-refractivity contribution in [3.05, 3.63) is 34.9 Å². The molecule has 5 nitrogen and oxygen atoms in total. The van der Waals surface area contributed by atoms with Gasteiger partial charge in [-0.15, -0.1) is 0 Å². The van der Waals surface area contributed by atoms with Crippen molar-refractivity contribution in [1.29, 1.82) is 5.26 Å². The van der Waals surface area contributed by atoms with Gasteiger partial charge in [0.15, 0.2) is 6.10 Å². The minimum Gasteiger partial charge on any atom is -0.479 e. The number of aliphatic hydroxyl groups excluding tert-OH is 1. The number of carboxylic acids is 1. The van der Waals surface area contributed by atoms with Gasteiger partial charge in [0, 0.05) is 6.42 Å². The predicted octanol–water partition coefficient (Wildman–Crippen LogP) is 1.18. The number of carbonyl (C=O) groups is 2.